The Morgan fingerprint density at radius 1 is 1.06 bits per heavy atom. The number of benzene rings is 2. The molecule has 2 nitrogen and oxygen atoms in total. The third-order valence-electron chi connectivity index (χ3n) is 2.50. The molecule has 0 spiro atoms. The topological polar surface area (TPSA) is 37.3 Å². The second-order valence-corrected chi connectivity index (χ2v) is 3.78. The van der Waals surface area contributed by atoms with Crippen LogP contribution >= 0.6 is 0 Å². The molecule has 0 radical (unpaired) electrons. The maximum absolute atomic E-state index is 13.0. The van der Waals surface area contributed by atoms with Crippen molar-refractivity contribution in [3.8, 4) is 0 Å². The van der Waals surface area contributed by atoms with E-state index in [9.17, 15) is 9.18 Å². The van der Waals surface area contributed by atoms with Crippen LogP contribution in [-0.2, 0) is 0 Å². The monoisotopic (exact) mass is 242 g/mol. The molecule has 2 aromatic carbocycles. The highest BCUT2D eigenvalue weighted by Crippen LogP contribution is 2.14. The van der Waals surface area contributed by atoms with Crippen molar-refractivity contribution in [1.29, 1.82) is 0 Å². The van der Waals surface area contributed by atoms with Gasteiger partial charge in [0.1, 0.15) is 5.82 Å². The number of halogens is 1. The van der Waals surface area contributed by atoms with E-state index in [2.05, 4.69) is 0 Å². The Kier molecular flexibility index (Phi) is 3.53. The van der Waals surface area contributed by atoms with Crippen molar-refractivity contribution < 1.29 is 14.3 Å². The Labute approximate surface area is 104 Å². The van der Waals surface area contributed by atoms with Gasteiger partial charge in [0.2, 0.25) is 0 Å². The van der Waals surface area contributed by atoms with Gasteiger partial charge < -0.3 is 5.11 Å². The van der Waals surface area contributed by atoms with Crippen molar-refractivity contribution in [3.63, 3.8) is 0 Å². The van der Waals surface area contributed by atoms with Crippen LogP contribution in [0.3, 0.4) is 0 Å². The van der Waals surface area contributed by atoms with Gasteiger partial charge in [-0.15, -0.1) is 0 Å². The molecule has 0 aliphatic carbocycles. The molecule has 90 valence electrons. The SMILES string of the molecule is O=C(O)c1ccccc1/C=C/c1cccc(F)c1. The first-order valence-corrected chi connectivity index (χ1v) is 5.43. The van der Waals surface area contributed by atoms with Gasteiger partial charge in [0, 0.05) is 0 Å². The normalized spacial score (nSPS) is 10.7. The molecular weight excluding hydrogens is 231 g/mol. The van der Waals surface area contributed by atoms with Crippen molar-refractivity contribution in [3.05, 3.63) is 71.0 Å². The number of hydrogen-bond donors (Lipinski definition) is 1. The summed E-state index contributed by atoms with van der Waals surface area (Å²) in [6.45, 7) is 0. The number of hydrogen-bond acceptors (Lipinski definition) is 1. The molecule has 0 unspecified atom stereocenters. The van der Waals surface area contributed by atoms with Gasteiger partial charge in [0.25, 0.3) is 0 Å². The van der Waals surface area contributed by atoms with Crippen LogP contribution in [0.5, 0.6) is 0 Å². The van der Waals surface area contributed by atoms with E-state index in [0.717, 1.165) is 0 Å². The summed E-state index contributed by atoms with van der Waals surface area (Å²) in [5.41, 5.74) is 1.51. The minimum absolute atomic E-state index is 0.227. The average Bonchev–Trinajstić information content (AvgIpc) is 2.37. The summed E-state index contributed by atoms with van der Waals surface area (Å²) in [5.74, 6) is -1.29. The predicted octanol–water partition coefficient (Wildman–Crippen LogP) is 3.69. The van der Waals surface area contributed by atoms with Crippen LogP contribution in [0.15, 0.2) is 48.5 Å². The summed E-state index contributed by atoms with van der Waals surface area (Å²) in [7, 11) is 0. The van der Waals surface area contributed by atoms with Crippen molar-refractivity contribution in [2.24, 2.45) is 0 Å². The van der Waals surface area contributed by atoms with E-state index in [4.69, 9.17) is 5.11 Å². The lowest BCUT2D eigenvalue weighted by Crippen LogP contribution is -1.98. The van der Waals surface area contributed by atoms with Crippen LogP contribution in [0.4, 0.5) is 4.39 Å². The fraction of sp³-hybridized carbons (Fsp3) is 0. The Morgan fingerprint density at radius 3 is 2.56 bits per heavy atom. The first-order valence-electron chi connectivity index (χ1n) is 5.43. The van der Waals surface area contributed by atoms with Crippen molar-refractivity contribution in [2.45, 2.75) is 0 Å². The highest BCUT2D eigenvalue weighted by Gasteiger charge is 2.05. The lowest BCUT2D eigenvalue weighted by molar-refractivity contribution is 0.0696. The summed E-state index contributed by atoms with van der Waals surface area (Å²) in [4.78, 5) is 11.0. The van der Waals surface area contributed by atoms with E-state index in [1.165, 1.54) is 18.2 Å². The largest absolute Gasteiger partial charge is 0.478 e. The zero-order valence-corrected chi connectivity index (χ0v) is 9.51. The standard InChI is InChI=1S/C15H11FO2/c16-13-6-3-4-11(10-13)8-9-12-5-1-2-7-14(12)15(17)18/h1-10H,(H,17,18)/b9-8+. The van der Waals surface area contributed by atoms with Gasteiger partial charge in [-0.2, -0.15) is 0 Å². The molecule has 3 heteroatoms. The minimum Gasteiger partial charge on any atom is -0.478 e. The average molecular weight is 242 g/mol. The molecule has 1 N–H and O–H groups in total. The molecule has 0 heterocycles. The highest BCUT2D eigenvalue weighted by atomic mass is 19.1. The molecule has 0 aliphatic rings. The highest BCUT2D eigenvalue weighted by molar-refractivity contribution is 5.93. The summed E-state index contributed by atoms with van der Waals surface area (Å²) < 4.78 is 13.0. The summed E-state index contributed by atoms with van der Waals surface area (Å²) >= 11 is 0. The molecule has 0 bridgehead atoms. The van der Waals surface area contributed by atoms with Gasteiger partial charge in [-0.05, 0) is 29.3 Å². The van der Waals surface area contributed by atoms with E-state index in [-0.39, 0.29) is 11.4 Å². The summed E-state index contributed by atoms with van der Waals surface area (Å²) in [6.07, 6.45) is 3.35. The van der Waals surface area contributed by atoms with Gasteiger partial charge in [0.15, 0.2) is 0 Å². The van der Waals surface area contributed by atoms with Gasteiger partial charge in [-0.1, -0.05) is 42.5 Å². The second-order valence-electron chi connectivity index (χ2n) is 3.78. The van der Waals surface area contributed by atoms with Crippen LogP contribution in [0.25, 0.3) is 12.2 Å². The van der Waals surface area contributed by atoms with Gasteiger partial charge in [-0.25, -0.2) is 9.18 Å². The van der Waals surface area contributed by atoms with Crippen LogP contribution in [0.2, 0.25) is 0 Å². The number of rotatable bonds is 3. The van der Waals surface area contributed by atoms with Crippen molar-refractivity contribution in [1.82, 2.24) is 0 Å². The lowest BCUT2D eigenvalue weighted by atomic mass is 10.1. The third-order valence-corrected chi connectivity index (χ3v) is 2.50. The fourth-order valence-corrected chi connectivity index (χ4v) is 1.63. The van der Waals surface area contributed by atoms with Gasteiger partial charge in [-0.3, -0.25) is 0 Å². The Morgan fingerprint density at radius 2 is 1.83 bits per heavy atom. The first-order chi connectivity index (χ1) is 8.66. The zero-order valence-electron chi connectivity index (χ0n) is 9.51. The molecule has 0 amide bonds. The lowest BCUT2D eigenvalue weighted by Gasteiger charge is -2.00. The first kappa shape index (κ1) is 12.0. The van der Waals surface area contributed by atoms with Crippen LogP contribution in [-0.4, -0.2) is 11.1 Å². The van der Waals surface area contributed by atoms with Gasteiger partial charge >= 0.3 is 5.97 Å². The van der Waals surface area contributed by atoms with E-state index in [0.29, 0.717) is 11.1 Å². The van der Waals surface area contributed by atoms with Crippen molar-refractivity contribution in [2.75, 3.05) is 0 Å². The van der Waals surface area contributed by atoms with E-state index >= 15 is 0 Å². The maximum atomic E-state index is 13.0. The Bertz CT molecular complexity index is 603. The third kappa shape index (κ3) is 2.83. The molecule has 0 atom stereocenters. The molecule has 18 heavy (non-hydrogen) atoms. The predicted molar refractivity (Wildman–Crippen MR) is 68.7 cm³/mol. The minimum atomic E-state index is -0.977. The zero-order chi connectivity index (χ0) is 13.0. The number of aromatic carboxylic acids is 1. The quantitative estimate of drug-likeness (QED) is 0.833. The second kappa shape index (κ2) is 5.27. The summed E-state index contributed by atoms with van der Waals surface area (Å²) in [5, 5.41) is 9.01. The summed E-state index contributed by atoms with van der Waals surface area (Å²) in [6, 6.07) is 12.8. The molecule has 0 fully saturated rings. The molecule has 0 saturated carbocycles. The molecule has 2 rings (SSSR count). The Hall–Kier alpha value is -2.42. The van der Waals surface area contributed by atoms with Crippen LogP contribution in [0, 0.1) is 5.82 Å². The smallest absolute Gasteiger partial charge is 0.336 e. The van der Waals surface area contributed by atoms with Crippen LogP contribution in [0.1, 0.15) is 21.5 Å². The molecular formula is C15H11FO2. The van der Waals surface area contributed by atoms with E-state index in [1.807, 2.05) is 0 Å². The van der Waals surface area contributed by atoms with Gasteiger partial charge in [0.05, 0.1) is 5.56 Å². The number of carbonyl (C=O) groups is 1. The van der Waals surface area contributed by atoms with E-state index < -0.39 is 5.97 Å². The molecule has 0 saturated heterocycles. The molecule has 2 aromatic rings. The molecule has 0 aliphatic heterocycles. The van der Waals surface area contributed by atoms with Crippen molar-refractivity contribution >= 4 is 18.1 Å². The number of carboxylic acid groups (broad SMARTS) is 1. The Balaban J connectivity index is 2.32. The van der Waals surface area contributed by atoms with E-state index in [1.54, 1.807) is 42.5 Å². The maximum Gasteiger partial charge on any atom is 0.336 e. The molecule has 0 aromatic heterocycles. The fourth-order valence-electron chi connectivity index (χ4n) is 1.63. The number of carboxylic acids is 1. The van der Waals surface area contributed by atoms with Crippen LogP contribution < -0.4 is 0 Å².